The summed E-state index contributed by atoms with van der Waals surface area (Å²) in [6.07, 6.45) is 2.90. The van der Waals surface area contributed by atoms with Gasteiger partial charge in [0.15, 0.2) is 0 Å². The highest BCUT2D eigenvalue weighted by Crippen LogP contribution is 2.33. The average molecular weight is 609 g/mol. The maximum Gasteiger partial charge on any atom is 0.247 e. The molecule has 45 heavy (non-hydrogen) atoms. The Labute approximate surface area is 262 Å². The van der Waals surface area contributed by atoms with Gasteiger partial charge in [-0.2, -0.15) is 0 Å². The molecule has 1 aromatic heterocycles. The minimum atomic E-state index is -0.322. The molecule has 2 aliphatic heterocycles. The molecule has 1 amide bonds. The lowest BCUT2D eigenvalue weighted by Gasteiger charge is -2.34. The third-order valence-corrected chi connectivity index (χ3v) is 7.93. The van der Waals surface area contributed by atoms with E-state index in [9.17, 15) is 4.79 Å². The number of nitrogens with one attached hydrogen (secondary N) is 3. The van der Waals surface area contributed by atoms with Crippen LogP contribution in [0, 0.1) is 5.82 Å². The molecule has 10 nitrogen and oxygen atoms in total. The molecule has 0 saturated carbocycles. The van der Waals surface area contributed by atoms with Crippen LogP contribution in [0.3, 0.4) is 0 Å². The molecular weight excluding hydrogens is 571 g/mol. The van der Waals surface area contributed by atoms with Crippen LogP contribution in [0.1, 0.15) is 0 Å². The Balaban J connectivity index is 1.30. The predicted molar refractivity (Wildman–Crippen MR) is 178 cm³/mol. The van der Waals surface area contributed by atoms with Crippen LogP contribution in [0.25, 0.3) is 11.3 Å². The first kappa shape index (κ1) is 30.0. The lowest BCUT2D eigenvalue weighted by Crippen LogP contribution is -2.44. The average Bonchev–Trinajstić information content (AvgIpc) is 3.06. The molecule has 4 aromatic rings. The van der Waals surface area contributed by atoms with Crippen LogP contribution in [0.15, 0.2) is 85.6 Å². The largest absolute Gasteiger partial charge is 0.378 e. The molecule has 2 fully saturated rings. The number of nitrogens with zero attached hydrogens (tertiary/aromatic N) is 5. The molecule has 232 valence electrons. The quantitative estimate of drug-likeness (QED) is 0.213. The molecule has 0 aliphatic carbocycles. The number of anilines is 7. The standard InChI is InChI=1S/C34H37FN8O2/c1-3-32(44)38-25-7-4-6-24(20-25)33-30(37-27-10-11-31(29(35)22-27)43-16-18-45-19-17-43)23-36-34(40-33)39-26-8-5-9-28(21-26)42-14-12-41(2)13-15-42/h3-11,20-23,37H,1,12-19H2,2H3,(H,38,44)(H,36,39,40). The second kappa shape index (κ2) is 13.7. The maximum atomic E-state index is 15.2. The Kier molecular flexibility index (Phi) is 9.18. The zero-order valence-corrected chi connectivity index (χ0v) is 25.3. The third-order valence-electron chi connectivity index (χ3n) is 7.93. The normalized spacial score (nSPS) is 15.4. The summed E-state index contributed by atoms with van der Waals surface area (Å²) in [5.41, 5.74) is 5.60. The van der Waals surface area contributed by atoms with Crippen molar-refractivity contribution in [3.05, 3.63) is 91.4 Å². The van der Waals surface area contributed by atoms with Gasteiger partial charge < -0.3 is 35.4 Å². The molecule has 0 radical (unpaired) electrons. The van der Waals surface area contributed by atoms with Crippen LogP contribution in [0.2, 0.25) is 0 Å². The summed E-state index contributed by atoms with van der Waals surface area (Å²) in [5.74, 6) is -0.232. The Morgan fingerprint density at radius 3 is 2.42 bits per heavy atom. The smallest absolute Gasteiger partial charge is 0.247 e. The first-order valence-corrected chi connectivity index (χ1v) is 15.1. The SMILES string of the molecule is C=CC(=O)Nc1cccc(-c2nc(Nc3cccc(N4CCN(C)CC4)c3)ncc2Nc2ccc(N3CCOCC3)c(F)c2)c1. The number of ether oxygens (including phenoxy) is 1. The van der Waals surface area contributed by atoms with Crippen molar-refractivity contribution in [3.8, 4) is 11.3 Å². The number of benzene rings is 3. The summed E-state index contributed by atoms with van der Waals surface area (Å²) in [4.78, 5) is 28.2. The number of hydrogen-bond donors (Lipinski definition) is 3. The third kappa shape index (κ3) is 7.39. The summed E-state index contributed by atoms with van der Waals surface area (Å²) in [7, 11) is 2.14. The highest BCUT2D eigenvalue weighted by Gasteiger charge is 2.18. The van der Waals surface area contributed by atoms with Crippen molar-refractivity contribution < 1.29 is 13.9 Å². The first-order valence-electron chi connectivity index (χ1n) is 15.1. The molecule has 0 unspecified atom stereocenters. The zero-order chi connectivity index (χ0) is 31.2. The number of aromatic nitrogens is 2. The molecule has 3 N–H and O–H groups in total. The zero-order valence-electron chi connectivity index (χ0n) is 25.3. The van der Waals surface area contributed by atoms with E-state index in [-0.39, 0.29) is 11.7 Å². The van der Waals surface area contributed by atoms with Crippen LogP contribution in [0.5, 0.6) is 0 Å². The van der Waals surface area contributed by atoms with E-state index in [0.29, 0.717) is 60.7 Å². The topological polar surface area (TPSA) is 97.9 Å². The van der Waals surface area contributed by atoms with Crippen LogP contribution in [-0.2, 0) is 9.53 Å². The van der Waals surface area contributed by atoms with E-state index >= 15 is 4.39 Å². The number of amides is 1. The van der Waals surface area contributed by atoms with Gasteiger partial charge in [-0.25, -0.2) is 14.4 Å². The number of likely N-dealkylation sites (N-methyl/N-ethyl adjacent to an activating group) is 1. The van der Waals surface area contributed by atoms with Crippen molar-refractivity contribution in [2.24, 2.45) is 0 Å². The molecule has 0 spiro atoms. The van der Waals surface area contributed by atoms with Crippen molar-refractivity contribution in [2.75, 3.05) is 85.3 Å². The highest BCUT2D eigenvalue weighted by molar-refractivity contribution is 5.99. The van der Waals surface area contributed by atoms with Crippen LogP contribution < -0.4 is 25.8 Å². The van der Waals surface area contributed by atoms with Gasteiger partial charge >= 0.3 is 0 Å². The number of halogens is 1. The number of hydrogen-bond acceptors (Lipinski definition) is 9. The fourth-order valence-corrected chi connectivity index (χ4v) is 5.47. The number of piperazine rings is 1. The minimum Gasteiger partial charge on any atom is -0.378 e. The molecule has 2 aliphatic rings. The fraction of sp³-hybridized carbons (Fsp3) is 0.265. The number of rotatable bonds is 9. The Hall–Kier alpha value is -5.00. The summed E-state index contributed by atoms with van der Waals surface area (Å²) < 4.78 is 20.7. The van der Waals surface area contributed by atoms with Gasteiger partial charge in [-0.05, 0) is 61.7 Å². The van der Waals surface area contributed by atoms with Crippen molar-refractivity contribution >= 4 is 46.0 Å². The van der Waals surface area contributed by atoms with E-state index < -0.39 is 0 Å². The van der Waals surface area contributed by atoms with Crippen LogP contribution in [0.4, 0.5) is 44.5 Å². The van der Waals surface area contributed by atoms with Gasteiger partial charge in [0, 0.05) is 67.6 Å². The van der Waals surface area contributed by atoms with E-state index in [0.717, 1.165) is 43.1 Å². The molecular formula is C34H37FN8O2. The van der Waals surface area contributed by atoms with Crippen molar-refractivity contribution in [3.63, 3.8) is 0 Å². The van der Waals surface area contributed by atoms with Gasteiger partial charge in [0.25, 0.3) is 0 Å². The first-order chi connectivity index (χ1) is 21.9. The predicted octanol–water partition coefficient (Wildman–Crippen LogP) is 5.48. The Bertz CT molecular complexity index is 1670. The maximum absolute atomic E-state index is 15.2. The second-order valence-electron chi connectivity index (χ2n) is 11.1. The van der Waals surface area contributed by atoms with Gasteiger partial charge in [0.05, 0.1) is 36.5 Å². The Morgan fingerprint density at radius 1 is 0.889 bits per heavy atom. The van der Waals surface area contributed by atoms with Gasteiger partial charge in [-0.3, -0.25) is 4.79 Å². The molecule has 3 aromatic carbocycles. The molecule has 0 atom stereocenters. The van der Waals surface area contributed by atoms with Crippen molar-refractivity contribution in [2.45, 2.75) is 0 Å². The molecule has 6 rings (SSSR count). The fourth-order valence-electron chi connectivity index (χ4n) is 5.47. The van der Waals surface area contributed by atoms with Gasteiger partial charge in [0.2, 0.25) is 11.9 Å². The lowest BCUT2D eigenvalue weighted by molar-refractivity contribution is -0.111. The van der Waals surface area contributed by atoms with E-state index in [1.807, 2.05) is 41.3 Å². The van der Waals surface area contributed by atoms with Gasteiger partial charge in [-0.15, -0.1) is 0 Å². The monoisotopic (exact) mass is 608 g/mol. The molecule has 2 saturated heterocycles. The van der Waals surface area contributed by atoms with E-state index in [1.54, 1.807) is 18.3 Å². The summed E-state index contributed by atoms with van der Waals surface area (Å²) in [6.45, 7) is 9.95. The minimum absolute atomic E-state index is 0.313. The number of morpholine rings is 1. The van der Waals surface area contributed by atoms with E-state index in [4.69, 9.17) is 9.72 Å². The van der Waals surface area contributed by atoms with Gasteiger partial charge in [-0.1, -0.05) is 24.8 Å². The van der Waals surface area contributed by atoms with Crippen molar-refractivity contribution in [1.29, 1.82) is 0 Å². The van der Waals surface area contributed by atoms with Crippen LogP contribution >= 0.6 is 0 Å². The summed E-state index contributed by atoms with van der Waals surface area (Å²) in [5, 5.41) is 9.47. The second-order valence-corrected chi connectivity index (χ2v) is 11.1. The lowest BCUT2D eigenvalue weighted by atomic mass is 10.1. The van der Waals surface area contributed by atoms with E-state index in [1.165, 1.54) is 12.1 Å². The van der Waals surface area contributed by atoms with Crippen LogP contribution in [-0.4, -0.2) is 80.3 Å². The molecule has 11 heteroatoms. The Morgan fingerprint density at radius 2 is 1.64 bits per heavy atom. The van der Waals surface area contributed by atoms with Gasteiger partial charge in [0.1, 0.15) is 5.82 Å². The molecule has 3 heterocycles. The number of carbonyl (C=O) groups excluding carboxylic acids is 1. The number of carbonyl (C=O) groups is 1. The van der Waals surface area contributed by atoms with E-state index in [2.05, 4.69) is 56.5 Å². The van der Waals surface area contributed by atoms with Crippen molar-refractivity contribution in [1.82, 2.24) is 14.9 Å². The summed E-state index contributed by atoms with van der Waals surface area (Å²) in [6, 6.07) is 20.7. The molecule has 0 bridgehead atoms. The highest BCUT2D eigenvalue weighted by atomic mass is 19.1. The summed E-state index contributed by atoms with van der Waals surface area (Å²) >= 11 is 0.